The number of amides is 1. The quantitative estimate of drug-likeness (QED) is 0.0454. The number of aromatic nitrogens is 2. The Hall–Kier alpha value is -4.64. The van der Waals surface area contributed by atoms with Gasteiger partial charge in [0.25, 0.3) is 5.78 Å². The standard InChI is InChI=1S/C37H32ClN3O5S2/c1-3-20-45-28-16-12-24(13-17-28)32-31(33(42)25-14-18-29(19-15-25)46-21-26-9-5-4-8-23(26)2)34(43)35(44)41(32)36-39-40-37(48-36)47-22-27-10-6-7-11-30(27)38/h4-19,32,42H,3,20-22H2,1-2H3. The van der Waals surface area contributed by atoms with Gasteiger partial charge < -0.3 is 14.6 Å². The van der Waals surface area contributed by atoms with E-state index in [1.807, 2.05) is 62.4 Å². The van der Waals surface area contributed by atoms with Crippen LogP contribution >= 0.6 is 34.7 Å². The van der Waals surface area contributed by atoms with Gasteiger partial charge in [-0.1, -0.05) is 96.2 Å². The molecule has 1 atom stereocenters. The van der Waals surface area contributed by atoms with Crippen LogP contribution in [0.2, 0.25) is 5.02 Å². The predicted molar refractivity (Wildman–Crippen MR) is 190 cm³/mol. The zero-order chi connectivity index (χ0) is 33.6. The largest absolute Gasteiger partial charge is 0.507 e. The number of carbonyl (C=O) groups excluding carboxylic acids is 2. The highest BCUT2D eigenvalue weighted by Gasteiger charge is 2.48. The van der Waals surface area contributed by atoms with Crippen LogP contribution in [0.1, 0.15) is 47.2 Å². The van der Waals surface area contributed by atoms with Gasteiger partial charge in [-0.25, -0.2) is 0 Å². The fourth-order valence-corrected chi connectivity index (χ4v) is 7.38. The van der Waals surface area contributed by atoms with Crippen molar-refractivity contribution in [2.45, 2.75) is 43.0 Å². The average molecular weight is 698 g/mol. The van der Waals surface area contributed by atoms with Crippen LogP contribution in [0.15, 0.2) is 107 Å². The van der Waals surface area contributed by atoms with Crippen LogP contribution in [0.4, 0.5) is 5.13 Å². The minimum atomic E-state index is -0.948. The number of aliphatic hydroxyl groups excluding tert-OH is 1. The van der Waals surface area contributed by atoms with Crippen LogP contribution in [0.3, 0.4) is 0 Å². The molecule has 0 spiro atoms. The fraction of sp³-hybridized carbons (Fsp3) is 0.189. The lowest BCUT2D eigenvalue weighted by molar-refractivity contribution is -0.132. The molecule has 1 aliphatic rings. The van der Waals surface area contributed by atoms with Crippen LogP contribution in [0.25, 0.3) is 5.76 Å². The van der Waals surface area contributed by atoms with E-state index in [9.17, 15) is 14.7 Å². The fourth-order valence-electron chi connectivity index (χ4n) is 5.22. The highest BCUT2D eigenvalue weighted by molar-refractivity contribution is 8.00. The SMILES string of the molecule is CCCOc1ccc(C2C(=C(O)c3ccc(OCc4ccccc4C)cc3)C(=O)C(=O)N2c2nnc(SCc3ccccc3Cl)s2)cc1. The summed E-state index contributed by atoms with van der Waals surface area (Å²) in [6.45, 7) is 5.00. The normalized spacial score (nSPS) is 15.6. The molecule has 6 rings (SSSR count). The van der Waals surface area contributed by atoms with Crippen molar-refractivity contribution in [3.63, 3.8) is 0 Å². The number of halogens is 1. The van der Waals surface area contributed by atoms with Crippen molar-refractivity contribution in [2.24, 2.45) is 0 Å². The van der Waals surface area contributed by atoms with E-state index in [2.05, 4.69) is 10.2 Å². The van der Waals surface area contributed by atoms with Gasteiger partial charge in [0, 0.05) is 16.3 Å². The average Bonchev–Trinajstić information content (AvgIpc) is 3.68. The maximum absolute atomic E-state index is 13.7. The summed E-state index contributed by atoms with van der Waals surface area (Å²) in [5, 5.41) is 21.1. The van der Waals surface area contributed by atoms with E-state index in [1.165, 1.54) is 28.0 Å². The summed E-state index contributed by atoms with van der Waals surface area (Å²) < 4.78 is 12.3. The number of hydrogen-bond acceptors (Lipinski definition) is 9. The van der Waals surface area contributed by atoms with E-state index < -0.39 is 17.7 Å². The van der Waals surface area contributed by atoms with Crippen molar-refractivity contribution >= 4 is 57.3 Å². The molecule has 1 N–H and O–H groups in total. The summed E-state index contributed by atoms with van der Waals surface area (Å²) in [5.41, 5.74) is 4.08. The Morgan fingerprint density at radius 2 is 1.56 bits per heavy atom. The number of aliphatic hydroxyl groups is 1. The van der Waals surface area contributed by atoms with Crippen LogP contribution < -0.4 is 14.4 Å². The van der Waals surface area contributed by atoms with Gasteiger partial charge in [-0.05, 0) is 78.1 Å². The van der Waals surface area contributed by atoms with Gasteiger partial charge >= 0.3 is 5.91 Å². The van der Waals surface area contributed by atoms with Crippen molar-refractivity contribution in [1.82, 2.24) is 10.2 Å². The molecule has 244 valence electrons. The zero-order valence-corrected chi connectivity index (χ0v) is 28.6. The number of aryl methyl sites for hydroxylation is 1. The van der Waals surface area contributed by atoms with Crippen molar-refractivity contribution < 1.29 is 24.2 Å². The summed E-state index contributed by atoms with van der Waals surface area (Å²) in [5.74, 6) is -0.0944. The Morgan fingerprint density at radius 3 is 2.27 bits per heavy atom. The molecule has 1 fully saturated rings. The van der Waals surface area contributed by atoms with Crippen molar-refractivity contribution in [3.8, 4) is 11.5 Å². The maximum atomic E-state index is 13.7. The Kier molecular flexibility index (Phi) is 10.4. The first kappa shape index (κ1) is 33.3. The second kappa shape index (κ2) is 15.1. The topological polar surface area (TPSA) is 102 Å². The monoisotopic (exact) mass is 697 g/mol. The molecule has 5 aromatic rings. The Balaban J connectivity index is 1.31. The number of ketones is 1. The molecule has 1 aliphatic heterocycles. The first-order valence-corrected chi connectivity index (χ1v) is 17.5. The van der Waals surface area contributed by atoms with Crippen LogP contribution in [-0.4, -0.2) is 33.6 Å². The molecule has 0 radical (unpaired) electrons. The summed E-state index contributed by atoms with van der Waals surface area (Å²) >= 11 is 8.96. The Labute approximate surface area is 292 Å². The number of carbonyl (C=O) groups is 2. The number of thioether (sulfide) groups is 1. The van der Waals surface area contributed by atoms with Gasteiger partial charge in [-0.3, -0.25) is 14.5 Å². The summed E-state index contributed by atoms with van der Waals surface area (Å²) in [4.78, 5) is 28.7. The minimum Gasteiger partial charge on any atom is -0.507 e. The lowest BCUT2D eigenvalue weighted by Crippen LogP contribution is -2.29. The first-order chi connectivity index (χ1) is 23.3. The third kappa shape index (κ3) is 7.26. The highest BCUT2D eigenvalue weighted by Crippen LogP contribution is 2.44. The third-order valence-electron chi connectivity index (χ3n) is 7.81. The second-order valence-electron chi connectivity index (χ2n) is 11.1. The lowest BCUT2D eigenvalue weighted by atomic mass is 9.95. The Morgan fingerprint density at radius 1 is 0.896 bits per heavy atom. The number of rotatable bonds is 12. The van der Waals surface area contributed by atoms with E-state index in [-0.39, 0.29) is 16.5 Å². The van der Waals surface area contributed by atoms with E-state index in [4.69, 9.17) is 21.1 Å². The number of benzene rings is 4. The summed E-state index contributed by atoms with van der Waals surface area (Å²) in [7, 11) is 0. The molecule has 1 saturated heterocycles. The number of nitrogens with zero attached hydrogens (tertiary/aromatic N) is 3. The molecule has 0 saturated carbocycles. The van der Waals surface area contributed by atoms with E-state index in [0.29, 0.717) is 51.0 Å². The number of ether oxygens (including phenoxy) is 2. The molecule has 2 heterocycles. The van der Waals surface area contributed by atoms with Crippen molar-refractivity contribution in [2.75, 3.05) is 11.5 Å². The Bertz CT molecular complexity index is 1960. The van der Waals surface area contributed by atoms with Gasteiger partial charge in [0.1, 0.15) is 23.9 Å². The molecule has 1 aromatic heterocycles. The van der Waals surface area contributed by atoms with Gasteiger partial charge in [0.15, 0.2) is 4.34 Å². The molecule has 11 heteroatoms. The van der Waals surface area contributed by atoms with Crippen LogP contribution in [0, 0.1) is 6.92 Å². The lowest BCUT2D eigenvalue weighted by Gasteiger charge is -2.22. The molecule has 1 amide bonds. The number of Topliss-reactive ketones (excluding diaryl/α,β-unsaturated/α-hetero) is 1. The summed E-state index contributed by atoms with van der Waals surface area (Å²) in [6, 6.07) is 28.5. The maximum Gasteiger partial charge on any atom is 0.301 e. The molecule has 0 bridgehead atoms. The van der Waals surface area contributed by atoms with Crippen LogP contribution in [-0.2, 0) is 21.9 Å². The zero-order valence-electron chi connectivity index (χ0n) is 26.3. The molecular weight excluding hydrogens is 666 g/mol. The smallest absolute Gasteiger partial charge is 0.301 e. The molecule has 8 nitrogen and oxygen atoms in total. The predicted octanol–water partition coefficient (Wildman–Crippen LogP) is 8.79. The second-order valence-corrected chi connectivity index (χ2v) is 13.6. The summed E-state index contributed by atoms with van der Waals surface area (Å²) in [6.07, 6.45) is 0.853. The van der Waals surface area contributed by atoms with Gasteiger partial charge in [-0.2, -0.15) is 0 Å². The van der Waals surface area contributed by atoms with E-state index in [1.54, 1.807) is 48.5 Å². The highest BCUT2D eigenvalue weighted by atomic mass is 35.5. The molecule has 0 aliphatic carbocycles. The minimum absolute atomic E-state index is 0.0451. The van der Waals surface area contributed by atoms with Crippen molar-refractivity contribution in [3.05, 3.63) is 135 Å². The van der Waals surface area contributed by atoms with Gasteiger partial charge in [-0.15, -0.1) is 10.2 Å². The van der Waals surface area contributed by atoms with Gasteiger partial charge in [0.05, 0.1) is 18.2 Å². The molecule has 48 heavy (non-hydrogen) atoms. The number of hydrogen-bond donors (Lipinski definition) is 1. The third-order valence-corrected chi connectivity index (χ3v) is 10.3. The van der Waals surface area contributed by atoms with E-state index in [0.717, 1.165) is 23.1 Å². The van der Waals surface area contributed by atoms with Crippen LogP contribution in [0.5, 0.6) is 11.5 Å². The van der Waals surface area contributed by atoms with E-state index >= 15 is 0 Å². The molecule has 1 unspecified atom stereocenters. The number of anilines is 1. The first-order valence-electron chi connectivity index (χ1n) is 15.3. The van der Waals surface area contributed by atoms with Crippen molar-refractivity contribution in [1.29, 1.82) is 0 Å². The van der Waals surface area contributed by atoms with Gasteiger partial charge in [0.2, 0.25) is 5.13 Å². The molecular formula is C37H32ClN3O5S2. The molecule has 4 aromatic carbocycles.